The average molecular weight is 257 g/mol. The van der Waals surface area contributed by atoms with E-state index < -0.39 is 0 Å². The number of hydrogen-bond acceptors (Lipinski definition) is 3. The van der Waals surface area contributed by atoms with E-state index in [1.807, 2.05) is 6.20 Å². The fourth-order valence-electron chi connectivity index (χ4n) is 2.53. The molecular weight excluding hydrogens is 238 g/mol. The second-order valence-corrected chi connectivity index (χ2v) is 5.14. The third kappa shape index (κ3) is 2.69. The summed E-state index contributed by atoms with van der Waals surface area (Å²) < 4.78 is 5.47. The Morgan fingerprint density at radius 1 is 1.21 bits per heavy atom. The molecule has 1 aliphatic rings. The first-order chi connectivity index (χ1) is 9.22. The van der Waals surface area contributed by atoms with Crippen LogP contribution in [0, 0.1) is 13.8 Å². The Morgan fingerprint density at radius 3 is 2.68 bits per heavy atom. The van der Waals surface area contributed by atoms with Crippen LogP contribution in [-0.4, -0.2) is 29.7 Å². The first kappa shape index (κ1) is 12.4. The molecule has 0 bridgehead atoms. The third-order valence-corrected chi connectivity index (χ3v) is 3.38. The minimum Gasteiger partial charge on any atom is -0.378 e. The summed E-state index contributed by atoms with van der Waals surface area (Å²) >= 11 is 0. The Labute approximate surface area is 113 Å². The number of aromatic amines is 1. The van der Waals surface area contributed by atoms with Crippen LogP contribution in [0.2, 0.25) is 0 Å². The van der Waals surface area contributed by atoms with Gasteiger partial charge in [0, 0.05) is 12.1 Å². The van der Waals surface area contributed by atoms with Crippen molar-refractivity contribution in [3.8, 4) is 11.3 Å². The van der Waals surface area contributed by atoms with Crippen LogP contribution < -0.4 is 5.32 Å². The molecule has 100 valence electrons. The van der Waals surface area contributed by atoms with E-state index in [1.54, 1.807) is 0 Å². The van der Waals surface area contributed by atoms with Gasteiger partial charge in [0.15, 0.2) is 0 Å². The van der Waals surface area contributed by atoms with Crippen LogP contribution in [0.1, 0.15) is 23.0 Å². The van der Waals surface area contributed by atoms with E-state index >= 15 is 0 Å². The van der Waals surface area contributed by atoms with Crippen LogP contribution in [0.25, 0.3) is 11.3 Å². The van der Waals surface area contributed by atoms with Crippen molar-refractivity contribution < 1.29 is 4.74 Å². The summed E-state index contributed by atoms with van der Waals surface area (Å²) in [5, 5.41) is 3.40. The molecule has 2 aromatic rings. The van der Waals surface area contributed by atoms with Crippen molar-refractivity contribution in [2.75, 3.05) is 19.8 Å². The van der Waals surface area contributed by atoms with Gasteiger partial charge in [0.25, 0.3) is 0 Å². The number of rotatable bonds is 2. The quantitative estimate of drug-likeness (QED) is 0.868. The normalized spacial score (nSPS) is 19.6. The molecule has 4 heteroatoms. The Hall–Kier alpha value is -1.65. The van der Waals surface area contributed by atoms with Crippen molar-refractivity contribution in [2.24, 2.45) is 0 Å². The molecule has 2 N–H and O–H groups in total. The lowest BCUT2D eigenvalue weighted by Crippen LogP contribution is -2.35. The van der Waals surface area contributed by atoms with E-state index in [1.165, 1.54) is 16.7 Å². The molecule has 0 saturated carbocycles. The Bertz CT molecular complexity index is 550. The Morgan fingerprint density at radius 2 is 2.00 bits per heavy atom. The van der Waals surface area contributed by atoms with Gasteiger partial charge in [-0.3, -0.25) is 0 Å². The summed E-state index contributed by atoms with van der Waals surface area (Å²) in [5.41, 5.74) is 4.79. The molecule has 1 fully saturated rings. The van der Waals surface area contributed by atoms with Gasteiger partial charge in [0.1, 0.15) is 5.82 Å². The van der Waals surface area contributed by atoms with Crippen LogP contribution >= 0.6 is 0 Å². The molecule has 2 heterocycles. The van der Waals surface area contributed by atoms with Crippen LogP contribution in [0.15, 0.2) is 24.4 Å². The first-order valence-electron chi connectivity index (χ1n) is 6.67. The summed E-state index contributed by atoms with van der Waals surface area (Å²) in [4.78, 5) is 7.88. The van der Waals surface area contributed by atoms with Crippen LogP contribution in [0.5, 0.6) is 0 Å². The van der Waals surface area contributed by atoms with Gasteiger partial charge >= 0.3 is 0 Å². The molecule has 1 aromatic carbocycles. The van der Waals surface area contributed by atoms with E-state index in [9.17, 15) is 0 Å². The van der Waals surface area contributed by atoms with E-state index in [-0.39, 0.29) is 6.04 Å². The minimum absolute atomic E-state index is 0.174. The predicted octanol–water partition coefficient (Wildman–Crippen LogP) is 2.35. The van der Waals surface area contributed by atoms with E-state index in [4.69, 9.17) is 4.74 Å². The number of nitrogens with one attached hydrogen (secondary N) is 2. The molecule has 1 saturated heterocycles. The molecular formula is C15H19N3O. The van der Waals surface area contributed by atoms with E-state index in [0.717, 1.165) is 24.7 Å². The van der Waals surface area contributed by atoms with Crippen molar-refractivity contribution in [1.29, 1.82) is 0 Å². The van der Waals surface area contributed by atoms with Crippen molar-refractivity contribution in [3.63, 3.8) is 0 Å². The zero-order valence-corrected chi connectivity index (χ0v) is 11.4. The average Bonchev–Trinajstić information content (AvgIpc) is 2.88. The zero-order chi connectivity index (χ0) is 13.2. The standard InChI is InChI=1S/C15H19N3O/c1-10-5-11(2)7-12(6-10)13-8-17-15(18-13)14-9-19-4-3-16-14/h5-8,14,16H,3-4,9H2,1-2H3,(H,17,18). The van der Waals surface area contributed by atoms with Crippen molar-refractivity contribution in [3.05, 3.63) is 41.3 Å². The largest absolute Gasteiger partial charge is 0.378 e. The number of aromatic nitrogens is 2. The van der Waals surface area contributed by atoms with Crippen LogP contribution in [0.3, 0.4) is 0 Å². The van der Waals surface area contributed by atoms with Gasteiger partial charge in [-0.2, -0.15) is 0 Å². The fraction of sp³-hybridized carbons (Fsp3) is 0.400. The maximum Gasteiger partial charge on any atom is 0.126 e. The summed E-state index contributed by atoms with van der Waals surface area (Å²) in [5.74, 6) is 0.953. The number of nitrogens with zero attached hydrogens (tertiary/aromatic N) is 1. The van der Waals surface area contributed by atoms with Gasteiger partial charge in [0.05, 0.1) is 31.1 Å². The number of ether oxygens (including phenoxy) is 1. The minimum atomic E-state index is 0.174. The molecule has 0 aliphatic carbocycles. The zero-order valence-electron chi connectivity index (χ0n) is 11.4. The maximum absolute atomic E-state index is 5.47. The maximum atomic E-state index is 5.47. The topological polar surface area (TPSA) is 49.9 Å². The fourth-order valence-corrected chi connectivity index (χ4v) is 2.53. The van der Waals surface area contributed by atoms with Crippen LogP contribution in [0.4, 0.5) is 0 Å². The second-order valence-electron chi connectivity index (χ2n) is 5.14. The van der Waals surface area contributed by atoms with Gasteiger partial charge < -0.3 is 15.0 Å². The number of morpholine rings is 1. The van der Waals surface area contributed by atoms with E-state index in [0.29, 0.717) is 6.61 Å². The number of imidazole rings is 1. The van der Waals surface area contributed by atoms with Crippen molar-refractivity contribution in [2.45, 2.75) is 19.9 Å². The lowest BCUT2D eigenvalue weighted by Gasteiger charge is -2.21. The highest BCUT2D eigenvalue weighted by Gasteiger charge is 2.18. The van der Waals surface area contributed by atoms with Crippen molar-refractivity contribution in [1.82, 2.24) is 15.3 Å². The molecule has 1 unspecified atom stereocenters. The molecule has 1 atom stereocenters. The number of benzene rings is 1. The van der Waals surface area contributed by atoms with Gasteiger partial charge in [-0.1, -0.05) is 17.2 Å². The molecule has 0 radical (unpaired) electrons. The smallest absolute Gasteiger partial charge is 0.126 e. The van der Waals surface area contributed by atoms with Gasteiger partial charge in [-0.25, -0.2) is 4.98 Å². The van der Waals surface area contributed by atoms with Gasteiger partial charge in [0.2, 0.25) is 0 Å². The Balaban J connectivity index is 1.87. The van der Waals surface area contributed by atoms with Gasteiger partial charge in [-0.15, -0.1) is 0 Å². The van der Waals surface area contributed by atoms with Crippen molar-refractivity contribution >= 4 is 0 Å². The first-order valence-corrected chi connectivity index (χ1v) is 6.67. The molecule has 1 aromatic heterocycles. The highest BCUT2D eigenvalue weighted by atomic mass is 16.5. The summed E-state index contributed by atoms with van der Waals surface area (Å²) in [6, 6.07) is 6.70. The van der Waals surface area contributed by atoms with E-state index in [2.05, 4.69) is 47.3 Å². The SMILES string of the molecule is Cc1cc(C)cc(-c2cnc(C3COCCN3)[nH]2)c1. The summed E-state index contributed by atoms with van der Waals surface area (Å²) in [6.45, 7) is 6.57. The predicted molar refractivity (Wildman–Crippen MR) is 75.1 cm³/mol. The highest BCUT2D eigenvalue weighted by molar-refractivity contribution is 5.60. The molecule has 19 heavy (non-hydrogen) atoms. The lowest BCUT2D eigenvalue weighted by molar-refractivity contribution is 0.0745. The third-order valence-electron chi connectivity index (χ3n) is 3.38. The number of hydrogen-bond donors (Lipinski definition) is 2. The van der Waals surface area contributed by atoms with Crippen LogP contribution in [-0.2, 0) is 4.74 Å². The molecule has 4 nitrogen and oxygen atoms in total. The lowest BCUT2D eigenvalue weighted by atomic mass is 10.1. The monoisotopic (exact) mass is 257 g/mol. The molecule has 1 aliphatic heterocycles. The summed E-state index contributed by atoms with van der Waals surface area (Å²) in [6.07, 6.45) is 1.90. The summed E-state index contributed by atoms with van der Waals surface area (Å²) in [7, 11) is 0. The Kier molecular flexibility index (Phi) is 3.36. The number of aryl methyl sites for hydroxylation is 2. The highest BCUT2D eigenvalue weighted by Crippen LogP contribution is 2.22. The molecule has 3 rings (SSSR count). The molecule has 0 amide bonds. The second kappa shape index (κ2) is 5.15. The molecule has 0 spiro atoms. The number of H-pyrrole nitrogens is 1. The van der Waals surface area contributed by atoms with Gasteiger partial charge in [-0.05, 0) is 26.0 Å².